The Balaban J connectivity index is 1.44. The van der Waals surface area contributed by atoms with Crippen molar-refractivity contribution in [2.45, 2.75) is 23.9 Å². The van der Waals surface area contributed by atoms with Gasteiger partial charge in [-0.2, -0.15) is 0 Å². The fraction of sp³-hybridized carbons (Fsp3) is 0.192. The second-order valence-corrected chi connectivity index (χ2v) is 9.11. The second-order valence-electron chi connectivity index (χ2n) is 7.80. The number of Topliss-reactive ketones (excluding diaryl/α,β-unsaturated/α-hetero) is 1. The molecule has 0 fully saturated rings. The largest absolute Gasteiger partial charge is 0.497 e. The molecule has 7 nitrogen and oxygen atoms in total. The Morgan fingerprint density at radius 2 is 1.79 bits per heavy atom. The molecule has 0 N–H and O–H groups in total. The Hall–Kier alpha value is -3.78. The van der Waals surface area contributed by atoms with E-state index in [4.69, 9.17) is 14.2 Å². The molecule has 2 heterocycles. The number of ketones is 1. The van der Waals surface area contributed by atoms with Crippen LogP contribution in [0, 0.1) is 0 Å². The van der Waals surface area contributed by atoms with Crippen LogP contribution < -0.4 is 14.2 Å². The number of benzene rings is 3. The Labute approximate surface area is 201 Å². The SMILES string of the molecule is COc1ccc(C(=O)C(C)Sc2nnc(-c3ccccc3)n2Cc2ccc3c(c2)OCO3)cc1. The maximum atomic E-state index is 13.1. The minimum atomic E-state index is -0.350. The van der Waals surface area contributed by atoms with Crippen molar-refractivity contribution in [2.75, 3.05) is 13.9 Å². The topological polar surface area (TPSA) is 75.5 Å². The number of nitrogens with zero attached hydrogens (tertiary/aromatic N) is 3. The molecule has 1 aliphatic heterocycles. The third-order valence-corrected chi connectivity index (χ3v) is 6.63. The summed E-state index contributed by atoms with van der Waals surface area (Å²) in [6.45, 7) is 2.64. The number of aromatic nitrogens is 3. The van der Waals surface area contributed by atoms with Crippen molar-refractivity contribution in [1.82, 2.24) is 14.8 Å². The first-order valence-corrected chi connectivity index (χ1v) is 11.7. The predicted molar refractivity (Wildman–Crippen MR) is 130 cm³/mol. The molecular weight excluding hydrogens is 450 g/mol. The molecule has 0 radical (unpaired) electrons. The third-order valence-electron chi connectivity index (χ3n) is 5.55. The Kier molecular flexibility index (Phi) is 6.22. The number of rotatable bonds is 8. The molecule has 3 aromatic carbocycles. The van der Waals surface area contributed by atoms with E-state index in [0.29, 0.717) is 23.0 Å². The normalized spacial score (nSPS) is 13.0. The average molecular weight is 474 g/mol. The second kappa shape index (κ2) is 9.61. The number of hydrogen-bond acceptors (Lipinski definition) is 7. The van der Waals surface area contributed by atoms with E-state index in [1.54, 1.807) is 31.4 Å². The molecule has 0 aliphatic carbocycles. The molecule has 0 amide bonds. The van der Waals surface area contributed by atoms with Crippen molar-refractivity contribution >= 4 is 17.5 Å². The third kappa shape index (κ3) is 4.49. The summed E-state index contributed by atoms with van der Waals surface area (Å²) in [6, 6.07) is 22.9. The molecule has 1 unspecified atom stereocenters. The van der Waals surface area contributed by atoms with Gasteiger partial charge in [0.15, 0.2) is 28.3 Å². The van der Waals surface area contributed by atoms with E-state index in [9.17, 15) is 4.79 Å². The summed E-state index contributed by atoms with van der Waals surface area (Å²) in [7, 11) is 1.60. The fourth-order valence-corrected chi connectivity index (χ4v) is 4.67. The monoisotopic (exact) mass is 473 g/mol. The van der Waals surface area contributed by atoms with E-state index in [1.165, 1.54) is 11.8 Å². The summed E-state index contributed by atoms with van der Waals surface area (Å²) in [6.07, 6.45) is 0. The Bertz CT molecular complexity index is 1310. The van der Waals surface area contributed by atoms with Gasteiger partial charge in [0, 0.05) is 11.1 Å². The molecule has 1 aromatic heterocycles. The zero-order valence-electron chi connectivity index (χ0n) is 18.8. The summed E-state index contributed by atoms with van der Waals surface area (Å²) in [4.78, 5) is 13.1. The first kappa shape index (κ1) is 22.0. The average Bonchev–Trinajstić information content (AvgIpc) is 3.51. The van der Waals surface area contributed by atoms with Crippen LogP contribution in [-0.2, 0) is 6.54 Å². The van der Waals surface area contributed by atoms with Crippen LogP contribution in [0.4, 0.5) is 0 Å². The van der Waals surface area contributed by atoms with Crippen molar-refractivity contribution in [2.24, 2.45) is 0 Å². The summed E-state index contributed by atoms with van der Waals surface area (Å²) in [5.74, 6) is 2.94. The number of carbonyl (C=O) groups is 1. The van der Waals surface area contributed by atoms with Crippen LogP contribution in [0.3, 0.4) is 0 Å². The zero-order chi connectivity index (χ0) is 23.5. The quantitative estimate of drug-likeness (QED) is 0.260. The van der Waals surface area contributed by atoms with Gasteiger partial charge in [-0.15, -0.1) is 10.2 Å². The molecule has 5 rings (SSSR count). The lowest BCUT2D eigenvalue weighted by molar-refractivity contribution is 0.0994. The molecule has 0 spiro atoms. The van der Waals surface area contributed by atoms with E-state index >= 15 is 0 Å². The molecule has 34 heavy (non-hydrogen) atoms. The highest BCUT2D eigenvalue weighted by Gasteiger charge is 2.23. The predicted octanol–water partition coefficient (Wildman–Crippen LogP) is 5.09. The van der Waals surface area contributed by atoms with Gasteiger partial charge in [-0.05, 0) is 48.9 Å². The van der Waals surface area contributed by atoms with Crippen molar-refractivity contribution in [3.63, 3.8) is 0 Å². The lowest BCUT2D eigenvalue weighted by Gasteiger charge is -2.14. The molecule has 0 saturated heterocycles. The molecule has 0 saturated carbocycles. The molecule has 4 aromatic rings. The molecule has 1 atom stereocenters. The lowest BCUT2D eigenvalue weighted by Crippen LogP contribution is -2.15. The number of thioether (sulfide) groups is 1. The van der Waals surface area contributed by atoms with Crippen LogP contribution in [0.2, 0.25) is 0 Å². The molecule has 1 aliphatic rings. The van der Waals surface area contributed by atoms with Crippen molar-refractivity contribution in [3.05, 3.63) is 83.9 Å². The van der Waals surface area contributed by atoms with Crippen LogP contribution in [0.5, 0.6) is 17.2 Å². The van der Waals surface area contributed by atoms with Crippen molar-refractivity contribution in [3.8, 4) is 28.6 Å². The van der Waals surface area contributed by atoms with Gasteiger partial charge in [0.05, 0.1) is 18.9 Å². The van der Waals surface area contributed by atoms with E-state index in [2.05, 4.69) is 10.2 Å². The van der Waals surface area contributed by atoms with Gasteiger partial charge in [-0.1, -0.05) is 48.2 Å². The maximum absolute atomic E-state index is 13.1. The zero-order valence-corrected chi connectivity index (χ0v) is 19.6. The van der Waals surface area contributed by atoms with Gasteiger partial charge >= 0.3 is 0 Å². The molecule has 172 valence electrons. The summed E-state index contributed by atoms with van der Waals surface area (Å²) in [5, 5.41) is 9.25. The fourth-order valence-electron chi connectivity index (χ4n) is 3.74. The summed E-state index contributed by atoms with van der Waals surface area (Å²) < 4.78 is 18.2. The van der Waals surface area contributed by atoms with E-state index in [-0.39, 0.29) is 17.8 Å². The van der Waals surface area contributed by atoms with Gasteiger partial charge in [0.2, 0.25) is 6.79 Å². The number of methoxy groups -OCH3 is 1. The summed E-state index contributed by atoms with van der Waals surface area (Å²) in [5.41, 5.74) is 2.61. The first-order chi connectivity index (χ1) is 16.6. The standard InChI is InChI=1S/C26H23N3O4S/c1-17(24(30)19-9-11-21(31-2)12-10-19)34-26-28-27-25(20-6-4-3-5-7-20)29(26)15-18-8-13-22-23(14-18)33-16-32-22/h3-14,17H,15-16H2,1-2H3. The number of carbonyl (C=O) groups excluding carboxylic acids is 1. The lowest BCUT2D eigenvalue weighted by atomic mass is 10.1. The molecule has 0 bridgehead atoms. The Morgan fingerprint density at radius 3 is 2.56 bits per heavy atom. The van der Waals surface area contributed by atoms with Crippen LogP contribution in [0.25, 0.3) is 11.4 Å². The molecule has 8 heteroatoms. The van der Waals surface area contributed by atoms with Gasteiger partial charge in [-0.3, -0.25) is 9.36 Å². The highest BCUT2D eigenvalue weighted by Crippen LogP contribution is 2.34. The number of fused-ring (bicyclic) bond motifs is 1. The highest BCUT2D eigenvalue weighted by molar-refractivity contribution is 8.00. The van der Waals surface area contributed by atoms with E-state index < -0.39 is 0 Å². The summed E-state index contributed by atoms with van der Waals surface area (Å²) >= 11 is 1.40. The van der Waals surface area contributed by atoms with Crippen molar-refractivity contribution in [1.29, 1.82) is 0 Å². The van der Waals surface area contributed by atoms with Crippen LogP contribution in [-0.4, -0.2) is 39.7 Å². The van der Waals surface area contributed by atoms with Gasteiger partial charge in [0.25, 0.3) is 0 Å². The smallest absolute Gasteiger partial charge is 0.231 e. The Morgan fingerprint density at radius 1 is 1.03 bits per heavy atom. The minimum Gasteiger partial charge on any atom is -0.497 e. The van der Waals surface area contributed by atoms with Crippen LogP contribution in [0.1, 0.15) is 22.8 Å². The van der Waals surface area contributed by atoms with Gasteiger partial charge in [-0.25, -0.2) is 0 Å². The van der Waals surface area contributed by atoms with Crippen LogP contribution >= 0.6 is 11.8 Å². The number of ether oxygens (including phenoxy) is 3. The minimum absolute atomic E-state index is 0.0199. The van der Waals surface area contributed by atoms with Crippen LogP contribution in [0.15, 0.2) is 78.0 Å². The van der Waals surface area contributed by atoms with E-state index in [1.807, 2.05) is 60.0 Å². The first-order valence-electron chi connectivity index (χ1n) is 10.8. The van der Waals surface area contributed by atoms with Gasteiger partial charge in [0.1, 0.15) is 5.75 Å². The van der Waals surface area contributed by atoms with Gasteiger partial charge < -0.3 is 14.2 Å². The van der Waals surface area contributed by atoms with E-state index in [0.717, 1.165) is 28.5 Å². The molecular formula is C26H23N3O4S. The maximum Gasteiger partial charge on any atom is 0.231 e. The highest BCUT2D eigenvalue weighted by atomic mass is 32.2. The number of hydrogen-bond donors (Lipinski definition) is 0. The van der Waals surface area contributed by atoms with Crippen molar-refractivity contribution < 1.29 is 19.0 Å².